The highest BCUT2D eigenvalue weighted by Crippen LogP contribution is 2.27. The Hall–Kier alpha value is -3.89. The summed E-state index contributed by atoms with van der Waals surface area (Å²) in [7, 11) is 0. The topological polar surface area (TPSA) is 141 Å². The van der Waals surface area contributed by atoms with Gasteiger partial charge in [0, 0.05) is 18.1 Å². The normalized spacial score (nSPS) is 10.4. The van der Waals surface area contributed by atoms with E-state index in [9.17, 15) is 14.9 Å². The molecule has 0 atom stereocenters. The summed E-state index contributed by atoms with van der Waals surface area (Å²) in [5.74, 6) is -0.683. The Balaban J connectivity index is 1.93. The van der Waals surface area contributed by atoms with Gasteiger partial charge in [0.1, 0.15) is 6.33 Å². The largest absolute Gasteiger partial charge is 0.357 e. The Kier molecular flexibility index (Phi) is 4.51. The number of carbonyl (C=O) groups is 1. The third-order valence-corrected chi connectivity index (χ3v) is 3.41. The van der Waals surface area contributed by atoms with Gasteiger partial charge in [-0.2, -0.15) is 5.10 Å². The van der Waals surface area contributed by atoms with Crippen LogP contribution in [0.1, 0.15) is 21.7 Å². The fourth-order valence-corrected chi connectivity index (χ4v) is 2.31. The predicted molar refractivity (Wildman–Crippen MR) is 90.6 cm³/mol. The number of amides is 1. The molecule has 11 heteroatoms. The Labute approximate surface area is 147 Å². The quantitative estimate of drug-likeness (QED) is 0.516. The van der Waals surface area contributed by atoms with E-state index in [1.54, 1.807) is 32.0 Å². The van der Waals surface area contributed by atoms with E-state index in [4.69, 9.17) is 0 Å². The van der Waals surface area contributed by atoms with Crippen molar-refractivity contribution in [3.05, 3.63) is 64.0 Å². The summed E-state index contributed by atoms with van der Waals surface area (Å²) in [6.07, 6.45) is 4.05. The van der Waals surface area contributed by atoms with Crippen LogP contribution in [0.25, 0.3) is 5.82 Å². The highest BCUT2D eigenvalue weighted by Gasteiger charge is 2.26. The summed E-state index contributed by atoms with van der Waals surface area (Å²) in [5, 5.41) is 15.8. The number of aryl methyl sites for hydroxylation is 2. The summed E-state index contributed by atoms with van der Waals surface area (Å²) < 4.78 is 1.35. The van der Waals surface area contributed by atoms with E-state index in [1.165, 1.54) is 17.1 Å². The predicted octanol–water partition coefficient (Wildman–Crippen LogP) is 1.34. The summed E-state index contributed by atoms with van der Waals surface area (Å²) in [5.41, 5.74) is 6.06. The van der Waals surface area contributed by atoms with E-state index >= 15 is 0 Å². The molecule has 0 saturated heterocycles. The van der Waals surface area contributed by atoms with Gasteiger partial charge >= 0.3 is 5.69 Å². The molecule has 0 saturated carbocycles. The van der Waals surface area contributed by atoms with Crippen LogP contribution >= 0.6 is 0 Å². The first-order valence-corrected chi connectivity index (χ1v) is 7.47. The van der Waals surface area contributed by atoms with Crippen molar-refractivity contribution in [2.45, 2.75) is 13.8 Å². The zero-order valence-electron chi connectivity index (χ0n) is 13.9. The third-order valence-electron chi connectivity index (χ3n) is 3.41. The van der Waals surface area contributed by atoms with Gasteiger partial charge in [-0.3, -0.25) is 30.7 Å². The average Bonchev–Trinajstić information content (AvgIpc) is 2.98. The molecule has 0 radical (unpaired) electrons. The molecule has 0 unspecified atom stereocenters. The molecule has 11 nitrogen and oxygen atoms in total. The van der Waals surface area contributed by atoms with Gasteiger partial charge in [-0.05, 0) is 32.0 Å². The van der Waals surface area contributed by atoms with E-state index < -0.39 is 16.5 Å². The molecule has 0 aromatic carbocycles. The number of nitro groups is 1. The molecule has 1 amide bonds. The van der Waals surface area contributed by atoms with E-state index in [-0.39, 0.29) is 17.2 Å². The second-order valence-electron chi connectivity index (χ2n) is 5.31. The van der Waals surface area contributed by atoms with Gasteiger partial charge < -0.3 is 0 Å². The molecule has 3 aromatic heterocycles. The number of rotatable bonds is 5. The van der Waals surface area contributed by atoms with E-state index in [0.29, 0.717) is 11.4 Å². The molecule has 3 rings (SSSR count). The monoisotopic (exact) mass is 354 g/mol. The van der Waals surface area contributed by atoms with Gasteiger partial charge in [0.05, 0.1) is 16.2 Å². The number of hydrogen-bond acceptors (Lipinski definition) is 8. The van der Waals surface area contributed by atoms with Crippen molar-refractivity contribution in [2.75, 3.05) is 5.43 Å². The first-order chi connectivity index (χ1) is 12.5. The zero-order chi connectivity index (χ0) is 18.7. The molecule has 0 aliphatic rings. The molecular weight excluding hydrogens is 340 g/mol. The third kappa shape index (κ3) is 3.31. The van der Waals surface area contributed by atoms with Gasteiger partial charge in [-0.1, -0.05) is 0 Å². The highest BCUT2D eigenvalue weighted by molar-refractivity contribution is 5.94. The maximum atomic E-state index is 12.1. The van der Waals surface area contributed by atoms with Crippen LogP contribution < -0.4 is 10.9 Å². The number of pyridine rings is 1. The molecule has 2 N–H and O–H groups in total. The van der Waals surface area contributed by atoms with E-state index in [1.807, 2.05) is 0 Å². The van der Waals surface area contributed by atoms with E-state index in [0.717, 1.165) is 6.33 Å². The van der Waals surface area contributed by atoms with Crippen molar-refractivity contribution < 1.29 is 9.72 Å². The van der Waals surface area contributed by atoms with Crippen LogP contribution in [0.15, 0.2) is 36.9 Å². The van der Waals surface area contributed by atoms with Gasteiger partial charge in [0.15, 0.2) is 0 Å². The smallest absolute Gasteiger partial charge is 0.276 e. The van der Waals surface area contributed by atoms with Gasteiger partial charge in [0.25, 0.3) is 5.91 Å². The lowest BCUT2D eigenvalue weighted by Gasteiger charge is -2.10. The number of hydrazine groups is 1. The number of nitrogens with zero attached hydrogens (tertiary/aromatic N) is 6. The molecule has 0 aliphatic carbocycles. The van der Waals surface area contributed by atoms with Gasteiger partial charge in [-0.15, -0.1) is 0 Å². The van der Waals surface area contributed by atoms with Crippen molar-refractivity contribution in [2.24, 2.45) is 0 Å². The fourth-order valence-electron chi connectivity index (χ4n) is 2.31. The Morgan fingerprint density at radius 1 is 1.31 bits per heavy atom. The summed E-state index contributed by atoms with van der Waals surface area (Å²) >= 11 is 0. The summed E-state index contributed by atoms with van der Waals surface area (Å²) in [6, 6.07) is 4.92. The maximum Gasteiger partial charge on any atom is 0.357 e. The van der Waals surface area contributed by atoms with Crippen molar-refractivity contribution in [3.63, 3.8) is 0 Å². The lowest BCUT2D eigenvalue weighted by Crippen LogP contribution is -2.30. The lowest BCUT2D eigenvalue weighted by atomic mass is 10.3. The second kappa shape index (κ2) is 6.93. The van der Waals surface area contributed by atoms with Crippen molar-refractivity contribution in [3.8, 4) is 5.82 Å². The molecule has 0 bridgehead atoms. The summed E-state index contributed by atoms with van der Waals surface area (Å²) in [4.78, 5) is 34.7. The molecule has 3 heterocycles. The van der Waals surface area contributed by atoms with Crippen LogP contribution in [-0.4, -0.2) is 35.6 Å². The lowest BCUT2D eigenvalue weighted by molar-refractivity contribution is -0.384. The number of anilines is 1. The number of nitrogens with one attached hydrogen (secondary N) is 2. The summed E-state index contributed by atoms with van der Waals surface area (Å²) in [6.45, 7) is 3.52. The van der Waals surface area contributed by atoms with Crippen LogP contribution in [0.4, 0.5) is 11.5 Å². The minimum absolute atomic E-state index is 0.00581. The van der Waals surface area contributed by atoms with Crippen LogP contribution in [0, 0.1) is 24.0 Å². The average molecular weight is 354 g/mol. The van der Waals surface area contributed by atoms with Crippen LogP contribution in [-0.2, 0) is 0 Å². The van der Waals surface area contributed by atoms with Gasteiger partial charge in [-0.25, -0.2) is 14.6 Å². The van der Waals surface area contributed by atoms with Crippen molar-refractivity contribution in [1.82, 2.24) is 30.2 Å². The van der Waals surface area contributed by atoms with Crippen LogP contribution in [0.3, 0.4) is 0 Å². The molecule has 0 aliphatic heterocycles. The SMILES string of the molecule is Cc1cc(C)n(-c2ncnc(NNC(=O)c3cccnc3)c2[N+](=O)[O-])n1. The Morgan fingerprint density at radius 2 is 2.12 bits per heavy atom. The number of carbonyl (C=O) groups excluding carboxylic acids is 1. The Bertz CT molecular complexity index is 970. The first kappa shape index (κ1) is 17.0. The molecule has 132 valence electrons. The van der Waals surface area contributed by atoms with Crippen LogP contribution in [0.5, 0.6) is 0 Å². The second-order valence-corrected chi connectivity index (χ2v) is 5.31. The van der Waals surface area contributed by atoms with E-state index in [2.05, 4.69) is 30.9 Å². The van der Waals surface area contributed by atoms with Gasteiger partial charge in [0.2, 0.25) is 11.6 Å². The Morgan fingerprint density at radius 3 is 2.73 bits per heavy atom. The molecule has 3 aromatic rings. The zero-order valence-corrected chi connectivity index (χ0v) is 13.9. The minimum atomic E-state index is -0.635. The van der Waals surface area contributed by atoms with Crippen LogP contribution in [0.2, 0.25) is 0 Å². The number of hydrogen-bond donors (Lipinski definition) is 2. The fraction of sp³-hybridized carbons (Fsp3) is 0.133. The standard InChI is InChI=1S/C15H14N8O3/c1-9-6-10(2)22(21-9)14-12(23(25)26)13(17-8-18-14)19-20-15(24)11-4-3-5-16-7-11/h3-8H,1-2H3,(H,20,24)(H,17,18,19). The molecular formula is C15H14N8O3. The van der Waals surface area contributed by atoms with Crippen molar-refractivity contribution in [1.29, 1.82) is 0 Å². The minimum Gasteiger partial charge on any atom is -0.276 e. The maximum absolute atomic E-state index is 12.1. The molecule has 0 fully saturated rings. The molecule has 0 spiro atoms. The highest BCUT2D eigenvalue weighted by atomic mass is 16.6. The number of aromatic nitrogens is 5. The van der Waals surface area contributed by atoms with Crippen molar-refractivity contribution >= 4 is 17.4 Å². The molecule has 26 heavy (non-hydrogen) atoms. The first-order valence-electron chi connectivity index (χ1n) is 7.47.